The number of nitrogens with zero attached hydrogens (tertiary/aromatic N) is 3. The molecule has 0 unspecified atom stereocenters. The van der Waals surface area contributed by atoms with E-state index in [4.69, 9.17) is 4.74 Å². The fourth-order valence-corrected chi connectivity index (χ4v) is 3.32. The van der Waals surface area contributed by atoms with E-state index in [0.29, 0.717) is 29.3 Å². The summed E-state index contributed by atoms with van der Waals surface area (Å²) in [5, 5.41) is 1.22. The first-order valence-corrected chi connectivity index (χ1v) is 8.79. The Kier molecular flexibility index (Phi) is 4.06. The Bertz CT molecular complexity index is 855. The van der Waals surface area contributed by atoms with Crippen molar-refractivity contribution in [2.75, 3.05) is 6.26 Å². The number of allylic oxidation sites excluding steroid dienone is 1. The second kappa shape index (κ2) is 5.76. The largest absolute Gasteiger partial charge is 0.370 e. The van der Waals surface area contributed by atoms with Gasteiger partial charge in [0.2, 0.25) is 0 Å². The number of pyridine rings is 1. The second-order valence-electron chi connectivity index (χ2n) is 6.64. The number of aromatic nitrogens is 3. The van der Waals surface area contributed by atoms with Gasteiger partial charge in [-0.05, 0) is 33.1 Å². The third-order valence-electron chi connectivity index (χ3n) is 3.90. The highest BCUT2D eigenvalue weighted by atomic mass is 32.2. The van der Waals surface area contributed by atoms with Crippen molar-refractivity contribution in [1.82, 2.24) is 14.5 Å². The molecule has 3 rings (SSSR count). The molecule has 0 aliphatic carbocycles. The normalized spacial score (nSPS) is 16.3. The first-order valence-electron chi connectivity index (χ1n) is 7.56. The van der Waals surface area contributed by atoms with Crippen LogP contribution in [0.25, 0.3) is 11.0 Å². The summed E-state index contributed by atoms with van der Waals surface area (Å²) < 4.78 is 7.50. The Balaban J connectivity index is 2.23. The molecule has 2 aromatic heterocycles. The molecular weight excluding hydrogens is 310 g/mol. The van der Waals surface area contributed by atoms with Gasteiger partial charge in [-0.3, -0.25) is 9.36 Å². The smallest absolute Gasteiger partial charge is 0.263 e. The highest BCUT2D eigenvalue weighted by Crippen LogP contribution is 2.28. The summed E-state index contributed by atoms with van der Waals surface area (Å²) in [6.07, 6.45) is 2.64. The van der Waals surface area contributed by atoms with Crippen LogP contribution in [-0.2, 0) is 24.3 Å². The Morgan fingerprint density at radius 3 is 2.87 bits per heavy atom. The predicted octanol–water partition coefficient (Wildman–Crippen LogP) is 2.94. The Hall–Kier alpha value is -1.66. The van der Waals surface area contributed by atoms with Gasteiger partial charge in [0, 0.05) is 18.5 Å². The molecule has 6 heteroatoms. The van der Waals surface area contributed by atoms with Crippen LogP contribution in [0.4, 0.5) is 0 Å². The minimum absolute atomic E-state index is 0.0671. The van der Waals surface area contributed by atoms with Gasteiger partial charge in [0.1, 0.15) is 0 Å². The molecule has 1 aliphatic rings. The molecule has 0 bridgehead atoms. The van der Waals surface area contributed by atoms with E-state index in [1.807, 2.05) is 33.1 Å². The zero-order valence-corrected chi connectivity index (χ0v) is 14.8. The highest BCUT2D eigenvalue weighted by Gasteiger charge is 2.28. The monoisotopic (exact) mass is 331 g/mol. The molecule has 122 valence electrons. The van der Waals surface area contributed by atoms with Crippen LogP contribution in [0, 0.1) is 0 Å². The molecule has 2 aromatic rings. The van der Waals surface area contributed by atoms with Gasteiger partial charge in [-0.25, -0.2) is 9.97 Å². The minimum atomic E-state index is -0.231. The van der Waals surface area contributed by atoms with Gasteiger partial charge in [0.25, 0.3) is 5.56 Å². The fraction of sp³-hybridized carbons (Fsp3) is 0.471. The molecule has 0 aromatic carbocycles. The van der Waals surface area contributed by atoms with Gasteiger partial charge in [-0.15, -0.1) is 0 Å². The maximum absolute atomic E-state index is 12.8. The average molecular weight is 331 g/mol. The Labute approximate surface area is 139 Å². The number of rotatable bonds is 3. The summed E-state index contributed by atoms with van der Waals surface area (Å²) in [6, 6.07) is 1.89. The highest BCUT2D eigenvalue weighted by molar-refractivity contribution is 7.98. The third kappa shape index (κ3) is 3.05. The third-order valence-corrected chi connectivity index (χ3v) is 4.58. The molecule has 1 aliphatic heterocycles. The maximum atomic E-state index is 12.8. The van der Waals surface area contributed by atoms with Crippen molar-refractivity contribution in [1.29, 1.82) is 0 Å². The lowest BCUT2D eigenvalue weighted by atomic mass is 9.95. The summed E-state index contributed by atoms with van der Waals surface area (Å²) in [5.41, 5.74) is 3.10. The van der Waals surface area contributed by atoms with Gasteiger partial charge in [-0.1, -0.05) is 23.9 Å². The van der Waals surface area contributed by atoms with Gasteiger partial charge in [0.15, 0.2) is 10.8 Å². The molecule has 0 spiro atoms. The van der Waals surface area contributed by atoms with Crippen molar-refractivity contribution in [3.05, 3.63) is 39.8 Å². The minimum Gasteiger partial charge on any atom is -0.370 e. The van der Waals surface area contributed by atoms with E-state index in [0.717, 1.165) is 23.3 Å². The van der Waals surface area contributed by atoms with Crippen LogP contribution >= 0.6 is 11.8 Å². The zero-order valence-electron chi connectivity index (χ0n) is 14.0. The number of fused-ring (bicyclic) bond motifs is 2. The van der Waals surface area contributed by atoms with E-state index >= 15 is 0 Å². The summed E-state index contributed by atoms with van der Waals surface area (Å²) in [7, 11) is 0. The van der Waals surface area contributed by atoms with E-state index in [2.05, 4.69) is 16.5 Å². The van der Waals surface area contributed by atoms with E-state index in [1.165, 1.54) is 11.8 Å². The molecule has 0 fully saturated rings. The van der Waals surface area contributed by atoms with Crippen LogP contribution in [0.15, 0.2) is 28.2 Å². The first-order chi connectivity index (χ1) is 10.8. The van der Waals surface area contributed by atoms with Crippen LogP contribution in [0.1, 0.15) is 32.0 Å². The lowest BCUT2D eigenvalue weighted by Gasteiger charge is -2.31. The number of hydrogen-bond donors (Lipinski definition) is 0. The Morgan fingerprint density at radius 2 is 2.22 bits per heavy atom. The fourth-order valence-electron chi connectivity index (χ4n) is 2.78. The van der Waals surface area contributed by atoms with Crippen LogP contribution in [-0.4, -0.2) is 26.4 Å². The Morgan fingerprint density at radius 1 is 1.48 bits per heavy atom. The van der Waals surface area contributed by atoms with Crippen LogP contribution in [0.3, 0.4) is 0 Å². The summed E-state index contributed by atoms with van der Waals surface area (Å²) in [5.74, 6) is 0. The molecule has 3 heterocycles. The number of thioether (sulfide) groups is 1. The maximum Gasteiger partial charge on any atom is 0.263 e. The molecular formula is C17H21N3O2S. The molecule has 0 saturated heterocycles. The molecule has 5 nitrogen and oxygen atoms in total. The molecule has 0 saturated carbocycles. The van der Waals surface area contributed by atoms with Gasteiger partial charge < -0.3 is 4.74 Å². The topological polar surface area (TPSA) is 57.0 Å². The van der Waals surface area contributed by atoms with Crippen molar-refractivity contribution in [2.45, 2.75) is 51.1 Å². The van der Waals surface area contributed by atoms with Crippen molar-refractivity contribution < 1.29 is 4.74 Å². The summed E-state index contributed by atoms with van der Waals surface area (Å²) >= 11 is 1.45. The van der Waals surface area contributed by atoms with E-state index < -0.39 is 0 Å². The summed E-state index contributed by atoms with van der Waals surface area (Å²) in [4.78, 5) is 22.1. The number of ether oxygens (including phenoxy) is 1. The first kappa shape index (κ1) is 16.2. The quantitative estimate of drug-likeness (QED) is 0.492. The van der Waals surface area contributed by atoms with Crippen molar-refractivity contribution >= 4 is 22.8 Å². The van der Waals surface area contributed by atoms with Crippen LogP contribution in [0.5, 0.6) is 0 Å². The van der Waals surface area contributed by atoms with E-state index in [-0.39, 0.29) is 11.2 Å². The molecule has 23 heavy (non-hydrogen) atoms. The van der Waals surface area contributed by atoms with Crippen LogP contribution in [0.2, 0.25) is 0 Å². The number of hydrogen-bond acceptors (Lipinski definition) is 5. The molecule has 0 atom stereocenters. The molecule has 0 radical (unpaired) electrons. The van der Waals surface area contributed by atoms with Crippen molar-refractivity contribution in [2.24, 2.45) is 0 Å². The van der Waals surface area contributed by atoms with Crippen molar-refractivity contribution in [3.63, 3.8) is 0 Å². The molecule has 0 N–H and O–H groups in total. The zero-order chi connectivity index (χ0) is 16.8. The van der Waals surface area contributed by atoms with Gasteiger partial charge in [-0.2, -0.15) is 0 Å². The van der Waals surface area contributed by atoms with Crippen molar-refractivity contribution in [3.8, 4) is 0 Å². The second-order valence-corrected chi connectivity index (χ2v) is 7.41. The van der Waals surface area contributed by atoms with Gasteiger partial charge in [0.05, 0.1) is 23.3 Å². The summed E-state index contributed by atoms with van der Waals surface area (Å²) in [6.45, 7) is 10.9. The van der Waals surface area contributed by atoms with Crippen LogP contribution < -0.4 is 5.56 Å². The van der Waals surface area contributed by atoms with E-state index in [1.54, 1.807) is 4.57 Å². The SMILES string of the molecule is C=C(C)Cn1c(SC)nc2nc3c(cc2c1=O)COC(C)(C)C3. The standard InChI is InChI=1S/C17H21N3O2S/c1-10(2)8-20-15(21)12-6-11-9-22-17(3,4)7-13(11)18-14(12)19-16(20)23-5/h6H,1,7-9H2,2-5H3. The average Bonchev–Trinajstić information content (AvgIpc) is 2.47. The molecule has 0 amide bonds. The van der Waals surface area contributed by atoms with E-state index in [9.17, 15) is 4.79 Å². The predicted molar refractivity (Wildman–Crippen MR) is 93.0 cm³/mol. The van der Waals surface area contributed by atoms with Gasteiger partial charge >= 0.3 is 0 Å². The lowest BCUT2D eigenvalue weighted by Crippen LogP contribution is -2.33. The lowest BCUT2D eigenvalue weighted by molar-refractivity contribution is -0.0411.